The highest BCUT2D eigenvalue weighted by molar-refractivity contribution is 8.01. The number of benzene rings is 1. The number of aromatic nitrogens is 1. The molecule has 1 saturated heterocycles. The summed E-state index contributed by atoms with van der Waals surface area (Å²) in [5.41, 5.74) is 1.60. The minimum Gasteiger partial charge on any atom is -0.495 e. The second kappa shape index (κ2) is 11.7. The molecule has 0 bridgehead atoms. The van der Waals surface area contributed by atoms with Gasteiger partial charge in [-0.3, -0.25) is 14.5 Å². The number of nitrogens with zero attached hydrogens (tertiary/aromatic N) is 2. The predicted octanol–water partition coefficient (Wildman–Crippen LogP) is 2.54. The van der Waals surface area contributed by atoms with Crippen molar-refractivity contribution in [2.45, 2.75) is 23.4 Å². The maximum absolute atomic E-state index is 12.2. The van der Waals surface area contributed by atoms with Gasteiger partial charge in [-0.25, -0.2) is 4.98 Å². The number of methoxy groups -OCH3 is 1. The van der Waals surface area contributed by atoms with Gasteiger partial charge in [0.15, 0.2) is 4.34 Å². The van der Waals surface area contributed by atoms with Gasteiger partial charge in [0, 0.05) is 31.6 Å². The molecule has 0 radical (unpaired) electrons. The van der Waals surface area contributed by atoms with Crippen molar-refractivity contribution in [3.05, 3.63) is 39.9 Å². The first-order valence-corrected chi connectivity index (χ1v) is 11.9. The third kappa shape index (κ3) is 7.65. The summed E-state index contributed by atoms with van der Waals surface area (Å²) in [6.45, 7) is 3.30. The van der Waals surface area contributed by atoms with Crippen molar-refractivity contribution < 1.29 is 24.2 Å². The first kappa shape index (κ1) is 23.8. The molecule has 1 atom stereocenters. The molecule has 1 aromatic carbocycles. The Balaban J connectivity index is 1.40. The zero-order valence-electron chi connectivity index (χ0n) is 17.0. The van der Waals surface area contributed by atoms with Crippen LogP contribution in [0.25, 0.3) is 0 Å². The number of amides is 1. The maximum Gasteiger partial charge on any atom is 0.309 e. The van der Waals surface area contributed by atoms with E-state index in [0.29, 0.717) is 40.5 Å². The Hall–Kier alpha value is -1.85. The number of carboxylic acid groups (broad SMARTS) is 1. The molecule has 1 aliphatic heterocycles. The van der Waals surface area contributed by atoms with Gasteiger partial charge in [0.25, 0.3) is 0 Å². The van der Waals surface area contributed by atoms with E-state index in [9.17, 15) is 9.59 Å². The monoisotopic (exact) mass is 485 g/mol. The van der Waals surface area contributed by atoms with Crippen LogP contribution in [0, 0.1) is 0 Å². The number of thiazole rings is 1. The second-order valence-electron chi connectivity index (χ2n) is 6.96. The lowest BCUT2D eigenvalue weighted by atomic mass is 10.1. The number of carboxylic acids is 1. The number of carbonyl (C=O) groups excluding carboxylic acids is 1. The number of morpholine rings is 1. The highest BCUT2D eigenvalue weighted by Gasteiger charge is 2.21. The summed E-state index contributed by atoms with van der Waals surface area (Å²) in [5, 5.41) is 14.0. The lowest BCUT2D eigenvalue weighted by molar-refractivity contribution is -0.136. The first-order chi connectivity index (χ1) is 14.9. The molecule has 168 valence electrons. The summed E-state index contributed by atoms with van der Waals surface area (Å²) >= 11 is 8.85. The summed E-state index contributed by atoms with van der Waals surface area (Å²) in [5.74, 6) is -0.151. The molecule has 0 saturated carbocycles. The van der Waals surface area contributed by atoms with Crippen molar-refractivity contribution >= 4 is 46.6 Å². The van der Waals surface area contributed by atoms with Gasteiger partial charge in [-0.15, -0.1) is 11.3 Å². The zero-order chi connectivity index (χ0) is 22.2. The van der Waals surface area contributed by atoms with Gasteiger partial charge in [0.2, 0.25) is 5.91 Å². The first-order valence-electron chi connectivity index (χ1n) is 9.65. The topological polar surface area (TPSA) is 101 Å². The number of ether oxygens (including phenoxy) is 2. The SMILES string of the molecule is COc1ccc(CN2CCO[C@@H](CNC(=O)CSc3nc(CC(=O)O)cs3)C2)cc1Cl. The van der Waals surface area contributed by atoms with Crippen LogP contribution in [0.2, 0.25) is 5.02 Å². The minimum atomic E-state index is -0.920. The predicted molar refractivity (Wildman–Crippen MR) is 120 cm³/mol. The molecule has 3 rings (SSSR count). The van der Waals surface area contributed by atoms with Crippen LogP contribution in [0.3, 0.4) is 0 Å². The number of halogens is 1. The Labute approximate surface area is 193 Å². The van der Waals surface area contributed by atoms with E-state index in [1.165, 1.54) is 23.1 Å². The molecule has 1 aliphatic rings. The fourth-order valence-electron chi connectivity index (χ4n) is 3.11. The van der Waals surface area contributed by atoms with Crippen molar-refractivity contribution in [1.82, 2.24) is 15.2 Å². The van der Waals surface area contributed by atoms with Gasteiger partial charge in [-0.2, -0.15) is 0 Å². The van der Waals surface area contributed by atoms with E-state index in [1.54, 1.807) is 12.5 Å². The molecular formula is C20H24ClN3O5S2. The summed E-state index contributed by atoms with van der Waals surface area (Å²) < 4.78 is 11.7. The Morgan fingerprint density at radius 1 is 1.48 bits per heavy atom. The van der Waals surface area contributed by atoms with Crippen LogP contribution in [0.5, 0.6) is 5.75 Å². The van der Waals surface area contributed by atoms with E-state index in [0.717, 1.165) is 18.7 Å². The van der Waals surface area contributed by atoms with Crippen LogP contribution in [-0.4, -0.2) is 72.1 Å². The molecule has 1 fully saturated rings. The normalized spacial score (nSPS) is 16.8. The van der Waals surface area contributed by atoms with E-state index < -0.39 is 5.97 Å². The smallest absolute Gasteiger partial charge is 0.309 e. The number of hydrogen-bond donors (Lipinski definition) is 2. The molecule has 8 nitrogen and oxygen atoms in total. The van der Waals surface area contributed by atoms with E-state index in [4.69, 9.17) is 26.2 Å². The molecule has 2 aromatic rings. The highest BCUT2D eigenvalue weighted by Crippen LogP contribution is 2.26. The fraction of sp³-hybridized carbons (Fsp3) is 0.450. The summed E-state index contributed by atoms with van der Waals surface area (Å²) in [4.78, 5) is 29.4. The molecule has 11 heteroatoms. The number of nitrogens with one attached hydrogen (secondary N) is 1. The molecule has 2 N–H and O–H groups in total. The van der Waals surface area contributed by atoms with Crippen LogP contribution in [0.1, 0.15) is 11.3 Å². The summed E-state index contributed by atoms with van der Waals surface area (Å²) in [6, 6.07) is 5.76. The Morgan fingerprint density at radius 3 is 3.06 bits per heavy atom. The van der Waals surface area contributed by atoms with E-state index in [1.807, 2.05) is 18.2 Å². The average Bonchev–Trinajstić information content (AvgIpc) is 3.18. The Bertz CT molecular complexity index is 911. The van der Waals surface area contributed by atoms with Crippen LogP contribution >= 0.6 is 34.7 Å². The molecule has 1 aromatic heterocycles. The van der Waals surface area contributed by atoms with E-state index in [2.05, 4.69) is 15.2 Å². The quantitative estimate of drug-likeness (QED) is 0.495. The largest absolute Gasteiger partial charge is 0.495 e. The third-order valence-corrected chi connectivity index (χ3v) is 6.93. The van der Waals surface area contributed by atoms with Crippen LogP contribution in [0.4, 0.5) is 0 Å². The number of thioether (sulfide) groups is 1. The average molecular weight is 486 g/mol. The van der Waals surface area contributed by atoms with Crippen molar-refractivity contribution in [3.8, 4) is 5.75 Å². The Morgan fingerprint density at radius 2 is 2.32 bits per heavy atom. The number of aliphatic carboxylic acids is 1. The van der Waals surface area contributed by atoms with E-state index in [-0.39, 0.29) is 24.2 Å². The standard InChI is InChI=1S/C20H24ClN3O5S2/c1-28-17-3-2-13(6-16(17)21)9-24-4-5-29-15(10-24)8-22-18(25)12-31-20-23-14(11-30-20)7-19(26)27/h2-3,6,11,15H,4-5,7-10,12H2,1H3,(H,22,25)(H,26,27)/t15-/m0/s1. The molecule has 0 spiro atoms. The van der Waals surface area contributed by atoms with Gasteiger partial charge in [-0.05, 0) is 17.7 Å². The van der Waals surface area contributed by atoms with Gasteiger partial charge >= 0.3 is 5.97 Å². The lowest BCUT2D eigenvalue weighted by Crippen LogP contribution is -2.47. The van der Waals surface area contributed by atoms with Crippen LogP contribution in [-0.2, 0) is 27.3 Å². The van der Waals surface area contributed by atoms with Crippen molar-refractivity contribution in [1.29, 1.82) is 0 Å². The van der Waals surface area contributed by atoms with Gasteiger partial charge in [0.05, 0.1) is 42.7 Å². The van der Waals surface area contributed by atoms with Gasteiger partial charge < -0.3 is 19.9 Å². The lowest BCUT2D eigenvalue weighted by Gasteiger charge is -2.33. The van der Waals surface area contributed by atoms with Crippen molar-refractivity contribution in [3.63, 3.8) is 0 Å². The number of hydrogen-bond acceptors (Lipinski definition) is 8. The number of carbonyl (C=O) groups is 2. The van der Waals surface area contributed by atoms with Crippen molar-refractivity contribution in [2.75, 3.05) is 39.1 Å². The maximum atomic E-state index is 12.2. The fourth-order valence-corrected chi connectivity index (χ4v) is 5.07. The molecule has 2 heterocycles. The minimum absolute atomic E-state index is 0.0848. The zero-order valence-corrected chi connectivity index (χ0v) is 19.4. The van der Waals surface area contributed by atoms with Crippen molar-refractivity contribution in [2.24, 2.45) is 0 Å². The van der Waals surface area contributed by atoms with Gasteiger partial charge in [0.1, 0.15) is 5.75 Å². The van der Waals surface area contributed by atoms with Gasteiger partial charge in [-0.1, -0.05) is 29.4 Å². The third-order valence-electron chi connectivity index (χ3n) is 4.56. The summed E-state index contributed by atoms with van der Waals surface area (Å²) in [6.07, 6.45) is -0.194. The summed E-state index contributed by atoms with van der Waals surface area (Å²) in [7, 11) is 1.59. The molecular weight excluding hydrogens is 462 g/mol. The molecule has 0 unspecified atom stereocenters. The molecule has 31 heavy (non-hydrogen) atoms. The van der Waals surface area contributed by atoms with Crippen LogP contribution < -0.4 is 10.1 Å². The van der Waals surface area contributed by atoms with Crippen LogP contribution in [0.15, 0.2) is 27.9 Å². The molecule has 0 aliphatic carbocycles. The van der Waals surface area contributed by atoms with E-state index >= 15 is 0 Å². The highest BCUT2D eigenvalue weighted by atomic mass is 35.5. The number of rotatable bonds is 10. The second-order valence-corrected chi connectivity index (χ2v) is 9.45. The Kier molecular flexibility index (Phi) is 8.97. The molecule has 1 amide bonds.